The van der Waals surface area contributed by atoms with Gasteiger partial charge in [0.25, 0.3) is 5.91 Å². The van der Waals surface area contributed by atoms with E-state index in [0.29, 0.717) is 11.6 Å². The molecule has 9 heteroatoms. The van der Waals surface area contributed by atoms with Gasteiger partial charge in [-0.2, -0.15) is 10.2 Å². The predicted octanol–water partition coefficient (Wildman–Crippen LogP) is 1.85. The molecule has 0 fully saturated rings. The van der Waals surface area contributed by atoms with Crippen molar-refractivity contribution in [2.24, 2.45) is 5.10 Å². The molecule has 25 heavy (non-hydrogen) atoms. The monoisotopic (exact) mass is 371 g/mol. The van der Waals surface area contributed by atoms with Gasteiger partial charge in [-0.3, -0.25) is 4.79 Å². The first-order chi connectivity index (χ1) is 12.2. The lowest BCUT2D eigenvalue weighted by Gasteiger charge is -2.15. The van der Waals surface area contributed by atoms with Gasteiger partial charge < -0.3 is 0 Å². The van der Waals surface area contributed by atoms with Crippen molar-refractivity contribution in [1.29, 1.82) is 0 Å². The molecule has 4 rings (SSSR count). The standard InChI is InChI=1S/C16H13N5O2S2/c22-15(18-17-8-11-4-3-7-24-11)9-20-16(23)21-12-5-1-2-6-13(12)25-10-14(21)19-20/h1-8H,9-10H2,(H,18,22)/b17-8+. The summed E-state index contributed by atoms with van der Waals surface area (Å²) in [5.41, 5.74) is 2.91. The minimum atomic E-state index is -0.397. The van der Waals surface area contributed by atoms with Gasteiger partial charge in [0.15, 0.2) is 0 Å². The molecule has 1 amide bonds. The molecule has 0 unspecified atom stereocenters. The maximum absolute atomic E-state index is 12.6. The van der Waals surface area contributed by atoms with Crippen LogP contribution in [0.3, 0.4) is 0 Å². The molecule has 0 atom stereocenters. The van der Waals surface area contributed by atoms with Crippen LogP contribution in [0.2, 0.25) is 0 Å². The molecule has 7 nitrogen and oxygen atoms in total. The predicted molar refractivity (Wildman–Crippen MR) is 97.4 cm³/mol. The van der Waals surface area contributed by atoms with Gasteiger partial charge in [0, 0.05) is 9.77 Å². The number of benzene rings is 1. The van der Waals surface area contributed by atoms with E-state index >= 15 is 0 Å². The van der Waals surface area contributed by atoms with Gasteiger partial charge in [-0.05, 0) is 23.6 Å². The van der Waals surface area contributed by atoms with Crippen LogP contribution < -0.4 is 11.1 Å². The second-order valence-corrected chi connectivity index (χ2v) is 7.25. The van der Waals surface area contributed by atoms with E-state index in [4.69, 9.17) is 0 Å². The number of nitrogens with one attached hydrogen (secondary N) is 1. The Kier molecular flexibility index (Phi) is 4.24. The number of nitrogens with zero attached hydrogens (tertiary/aromatic N) is 4. The third kappa shape index (κ3) is 3.15. The highest BCUT2D eigenvalue weighted by atomic mass is 32.2. The van der Waals surface area contributed by atoms with Gasteiger partial charge in [-0.15, -0.1) is 23.1 Å². The Morgan fingerprint density at radius 1 is 1.32 bits per heavy atom. The summed E-state index contributed by atoms with van der Waals surface area (Å²) in [4.78, 5) is 26.6. The number of fused-ring (bicyclic) bond motifs is 3. The Balaban J connectivity index is 1.52. The van der Waals surface area contributed by atoms with E-state index in [1.54, 1.807) is 22.5 Å². The zero-order valence-corrected chi connectivity index (χ0v) is 14.6. The molecule has 1 aliphatic heterocycles. The number of thiophene rings is 1. The quantitative estimate of drug-likeness (QED) is 0.561. The summed E-state index contributed by atoms with van der Waals surface area (Å²) in [6, 6.07) is 11.5. The van der Waals surface area contributed by atoms with E-state index in [1.165, 1.54) is 16.0 Å². The maximum Gasteiger partial charge on any atom is 0.351 e. The van der Waals surface area contributed by atoms with Crippen molar-refractivity contribution in [3.8, 4) is 5.69 Å². The van der Waals surface area contributed by atoms with Crippen molar-refractivity contribution < 1.29 is 4.79 Å². The zero-order valence-electron chi connectivity index (χ0n) is 13.0. The maximum atomic E-state index is 12.6. The van der Waals surface area contributed by atoms with Crippen LogP contribution >= 0.6 is 23.1 Å². The van der Waals surface area contributed by atoms with Crippen LogP contribution in [-0.2, 0) is 17.1 Å². The number of rotatable bonds is 4. The number of carbonyl (C=O) groups is 1. The van der Waals surface area contributed by atoms with Gasteiger partial charge in [-0.1, -0.05) is 18.2 Å². The number of hydrogen-bond acceptors (Lipinski definition) is 6. The third-order valence-electron chi connectivity index (χ3n) is 3.59. The van der Waals surface area contributed by atoms with Gasteiger partial charge >= 0.3 is 5.69 Å². The lowest BCUT2D eigenvalue weighted by Crippen LogP contribution is -2.31. The van der Waals surface area contributed by atoms with E-state index in [-0.39, 0.29) is 12.2 Å². The third-order valence-corrected chi connectivity index (χ3v) is 5.45. The summed E-state index contributed by atoms with van der Waals surface area (Å²) in [6.07, 6.45) is 1.57. The first kappa shape index (κ1) is 15.9. The minimum Gasteiger partial charge on any atom is -0.271 e. The topological polar surface area (TPSA) is 81.3 Å². The molecule has 3 heterocycles. The first-order valence-electron chi connectivity index (χ1n) is 7.49. The van der Waals surface area contributed by atoms with Crippen molar-refractivity contribution in [2.45, 2.75) is 17.2 Å². The average Bonchev–Trinajstić information content (AvgIpc) is 3.24. The van der Waals surface area contributed by atoms with Gasteiger partial charge in [0.1, 0.15) is 12.4 Å². The van der Waals surface area contributed by atoms with Crippen LogP contribution in [0.4, 0.5) is 0 Å². The number of para-hydroxylation sites is 1. The molecule has 0 saturated heterocycles. The molecule has 3 aromatic rings. The van der Waals surface area contributed by atoms with Crippen molar-refractivity contribution in [1.82, 2.24) is 19.8 Å². The second-order valence-electron chi connectivity index (χ2n) is 5.26. The molecule has 0 aliphatic carbocycles. The Morgan fingerprint density at radius 2 is 2.20 bits per heavy atom. The average molecular weight is 371 g/mol. The van der Waals surface area contributed by atoms with E-state index < -0.39 is 5.91 Å². The molecule has 0 spiro atoms. The van der Waals surface area contributed by atoms with Crippen LogP contribution in [-0.4, -0.2) is 26.5 Å². The molecule has 1 N–H and O–H groups in total. The zero-order chi connectivity index (χ0) is 17.2. The molecule has 1 aromatic carbocycles. The highest BCUT2D eigenvalue weighted by Gasteiger charge is 2.22. The number of amides is 1. The van der Waals surface area contributed by atoms with E-state index in [2.05, 4.69) is 15.6 Å². The van der Waals surface area contributed by atoms with Crippen LogP contribution in [0.5, 0.6) is 0 Å². The Bertz CT molecular complexity index is 1000. The fourth-order valence-corrected chi connectivity index (χ4v) is 4.04. The molecule has 0 saturated carbocycles. The smallest absolute Gasteiger partial charge is 0.271 e. The summed E-state index contributed by atoms with van der Waals surface area (Å²) < 4.78 is 2.74. The summed E-state index contributed by atoms with van der Waals surface area (Å²) in [6.45, 7) is -0.173. The van der Waals surface area contributed by atoms with Crippen LogP contribution in [0.15, 0.2) is 56.6 Å². The van der Waals surface area contributed by atoms with Crippen LogP contribution in [0, 0.1) is 0 Å². The number of hydrogen-bond donors (Lipinski definition) is 1. The molecule has 0 bridgehead atoms. The molecular formula is C16H13N5O2S2. The molecule has 126 valence electrons. The van der Waals surface area contributed by atoms with Gasteiger partial charge in [0.05, 0.1) is 17.7 Å². The molecule has 1 aliphatic rings. The lowest BCUT2D eigenvalue weighted by molar-refractivity contribution is -0.121. The number of aromatic nitrogens is 3. The second kappa shape index (κ2) is 6.69. The highest BCUT2D eigenvalue weighted by Crippen LogP contribution is 2.32. The fraction of sp³-hybridized carbons (Fsp3) is 0.125. The SMILES string of the molecule is O=C(Cn1nc2n(c1=O)-c1ccccc1SC2)N/N=C/c1cccs1. The Labute approximate surface area is 151 Å². The van der Waals surface area contributed by atoms with E-state index in [1.807, 2.05) is 41.8 Å². The fourth-order valence-electron chi connectivity index (χ4n) is 2.50. The van der Waals surface area contributed by atoms with Crippen molar-refractivity contribution in [2.75, 3.05) is 0 Å². The highest BCUT2D eigenvalue weighted by molar-refractivity contribution is 7.98. The summed E-state index contributed by atoms with van der Waals surface area (Å²) in [5.74, 6) is 0.840. The summed E-state index contributed by atoms with van der Waals surface area (Å²) in [7, 11) is 0. The molecule has 2 aromatic heterocycles. The van der Waals surface area contributed by atoms with Gasteiger partial charge in [-0.25, -0.2) is 19.5 Å². The summed E-state index contributed by atoms with van der Waals surface area (Å²) in [5, 5.41) is 10.1. The van der Waals surface area contributed by atoms with Crippen molar-refractivity contribution >= 4 is 35.2 Å². The van der Waals surface area contributed by atoms with Crippen LogP contribution in [0.1, 0.15) is 10.7 Å². The van der Waals surface area contributed by atoms with Crippen molar-refractivity contribution in [3.05, 3.63) is 63.0 Å². The normalized spacial score (nSPS) is 12.8. The number of carbonyl (C=O) groups excluding carboxylic acids is 1. The Morgan fingerprint density at radius 3 is 3.04 bits per heavy atom. The van der Waals surface area contributed by atoms with Crippen LogP contribution in [0.25, 0.3) is 5.69 Å². The number of hydrazone groups is 1. The van der Waals surface area contributed by atoms with E-state index in [9.17, 15) is 9.59 Å². The van der Waals surface area contributed by atoms with E-state index in [0.717, 1.165) is 15.5 Å². The minimum absolute atomic E-state index is 0.173. The first-order valence-corrected chi connectivity index (χ1v) is 9.35. The molecular weight excluding hydrogens is 358 g/mol. The van der Waals surface area contributed by atoms with Crippen molar-refractivity contribution in [3.63, 3.8) is 0 Å². The lowest BCUT2D eigenvalue weighted by atomic mass is 10.3. The summed E-state index contributed by atoms with van der Waals surface area (Å²) >= 11 is 3.15. The largest absolute Gasteiger partial charge is 0.351 e. The molecule has 0 radical (unpaired) electrons. The number of thioether (sulfide) groups is 1. The Hall–Kier alpha value is -2.65. The van der Waals surface area contributed by atoms with Gasteiger partial charge in [0.2, 0.25) is 0 Å².